The number of benzene rings is 1. The molecule has 0 radical (unpaired) electrons. The molecule has 0 spiro atoms. The summed E-state index contributed by atoms with van der Waals surface area (Å²) in [5.74, 6) is 0.547. The van der Waals surface area contributed by atoms with E-state index >= 15 is 0 Å². The Morgan fingerprint density at radius 3 is 2.63 bits per heavy atom. The molecule has 0 aliphatic rings. The molecule has 0 aliphatic heterocycles. The van der Waals surface area contributed by atoms with Gasteiger partial charge in [-0.25, -0.2) is 4.68 Å². The van der Waals surface area contributed by atoms with Crippen molar-refractivity contribution < 1.29 is 4.79 Å². The second-order valence-corrected chi connectivity index (χ2v) is 4.76. The van der Waals surface area contributed by atoms with Gasteiger partial charge in [0.2, 0.25) is 0 Å². The number of aryl methyl sites for hydroxylation is 1. The van der Waals surface area contributed by atoms with E-state index in [2.05, 4.69) is 19.1 Å². The predicted molar refractivity (Wildman–Crippen MR) is 79.9 cm³/mol. The molecule has 7 nitrogen and oxygen atoms in total. The van der Waals surface area contributed by atoms with E-state index in [1.807, 2.05) is 28.9 Å². The molecule has 2 aromatic rings. The first-order chi connectivity index (χ1) is 9.02. The van der Waals surface area contributed by atoms with Crippen LogP contribution in [-0.4, -0.2) is 45.1 Å². The number of tetrazole rings is 1. The van der Waals surface area contributed by atoms with Gasteiger partial charge in [0, 0.05) is 38.0 Å². The summed E-state index contributed by atoms with van der Waals surface area (Å²) in [7, 11) is 5.19. The number of amides is 1. The average Bonchev–Trinajstić information content (AvgIpc) is 2.83. The van der Waals surface area contributed by atoms with Crippen molar-refractivity contribution in [3.8, 4) is 11.4 Å². The first kappa shape index (κ1) is 13.7. The standard InChI is InChI=1S/C11H13IN6O/c1-17(2)11(19)8-4-7(5-9(6-8)13-12)10-14-15-16-18(10)3/h4-6,13H,1-3H3. The quantitative estimate of drug-likeness (QED) is 0.650. The molecule has 1 amide bonds. The van der Waals surface area contributed by atoms with Crippen LogP contribution in [0.4, 0.5) is 5.69 Å². The fourth-order valence-electron chi connectivity index (χ4n) is 1.67. The monoisotopic (exact) mass is 372 g/mol. The number of nitrogens with one attached hydrogen (secondary N) is 1. The summed E-state index contributed by atoms with van der Waals surface area (Å²) in [6.45, 7) is 0. The molecule has 0 atom stereocenters. The van der Waals surface area contributed by atoms with E-state index in [0.717, 1.165) is 11.3 Å². The molecular formula is C11H13IN6O. The molecule has 0 bridgehead atoms. The van der Waals surface area contributed by atoms with E-state index in [-0.39, 0.29) is 5.91 Å². The molecule has 0 aliphatic carbocycles. The Kier molecular flexibility index (Phi) is 3.98. The Bertz CT molecular complexity index is 609. The minimum absolute atomic E-state index is 0.0649. The largest absolute Gasteiger partial charge is 0.345 e. The maximum absolute atomic E-state index is 12.1. The van der Waals surface area contributed by atoms with Crippen LogP contribution in [-0.2, 0) is 7.05 Å². The highest BCUT2D eigenvalue weighted by Crippen LogP contribution is 2.24. The number of nitrogens with zero attached hydrogens (tertiary/aromatic N) is 5. The number of aromatic nitrogens is 4. The van der Waals surface area contributed by atoms with Gasteiger partial charge in [-0.2, -0.15) is 0 Å². The summed E-state index contributed by atoms with van der Waals surface area (Å²) < 4.78 is 4.57. The fraction of sp³-hybridized carbons (Fsp3) is 0.273. The Labute approximate surface area is 124 Å². The number of carbonyl (C=O) groups is 1. The van der Waals surface area contributed by atoms with Crippen molar-refractivity contribution in [1.29, 1.82) is 0 Å². The van der Waals surface area contributed by atoms with Gasteiger partial charge < -0.3 is 8.43 Å². The van der Waals surface area contributed by atoms with Crippen molar-refractivity contribution in [2.24, 2.45) is 7.05 Å². The Morgan fingerprint density at radius 1 is 1.37 bits per heavy atom. The number of anilines is 1. The van der Waals surface area contributed by atoms with Crippen molar-refractivity contribution in [2.45, 2.75) is 0 Å². The molecule has 0 unspecified atom stereocenters. The normalized spacial score (nSPS) is 10.3. The van der Waals surface area contributed by atoms with E-state index in [1.165, 1.54) is 4.90 Å². The van der Waals surface area contributed by atoms with Crippen molar-refractivity contribution >= 4 is 34.5 Å². The van der Waals surface area contributed by atoms with Crippen LogP contribution in [0.15, 0.2) is 18.2 Å². The first-order valence-electron chi connectivity index (χ1n) is 5.49. The summed E-state index contributed by atoms with van der Waals surface area (Å²) in [6.07, 6.45) is 0. The van der Waals surface area contributed by atoms with E-state index in [9.17, 15) is 4.79 Å². The highest BCUT2D eigenvalue weighted by Gasteiger charge is 2.14. The summed E-state index contributed by atoms with van der Waals surface area (Å²) >= 11 is 2.02. The number of hydrogen-bond donors (Lipinski definition) is 1. The van der Waals surface area contributed by atoms with Crippen LogP contribution in [0.25, 0.3) is 11.4 Å². The van der Waals surface area contributed by atoms with Gasteiger partial charge in [0.1, 0.15) is 0 Å². The highest BCUT2D eigenvalue weighted by atomic mass is 127. The van der Waals surface area contributed by atoms with Crippen LogP contribution in [0.2, 0.25) is 0 Å². The molecular weight excluding hydrogens is 359 g/mol. The van der Waals surface area contributed by atoms with Gasteiger partial charge in [0.25, 0.3) is 5.91 Å². The average molecular weight is 372 g/mol. The van der Waals surface area contributed by atoms with Gasteiger partial charge in [-0.1, -0.05) is 0 Å². The Balaban J connectivity index is 2.54. The maximum atomic E-state index is 12.1. The lowest BCUT2D eigenvalue weighted by Crippen LogP contribution is -2.21. The number of carbonyl (C=O) groups excluding carboxylic acids is 1. The summed E-state index contributed by atoms with van der Waals surface area (Å²) in [4.78, 5) is 13.6. The Morgan fingerprint density at radius 2 is 2.11 bits per heavy atom. The molecule has 0 saturated heterocycles. The summed E-state index contributed by atoms with van der Waals surface area (Å²) in [5.41, 5.74) is 2.20. The number of hydrogen-bond acceptors (Lipinski definition) is 5. The lowest BCUT2D eigenvalue weighted by Gasteiger charge is -2.12. The van der Waals surface area contributed by atoms with Gasteiger partial charge >= 0.3 is 0 Å². The topological polar surface area (TPSA) is 75.9 Å². The smallest absolute Gasteiger partial charge is 0.253 e. The van der Waals surface area contributed by atoms with Crippen LogP contribution >= 0.6 is 22.9 Å². The summed E-state index contributed by atoms with van der Waals surface area (Å²) in [5, 5.41) is 11.4. The second kappa shape index (κ2) is 5.51. The third-order valence-corrected chi connectivity index (χ3v) is 3.20. The van der Waals surface area contributed by atoms with Crippen molar-refractivity contribution in [2.75, 3.05) is 17.6 Å². The zero-order valence-electron chi connectivity index (χ0n) is 10.8. The molecule has 8 heteroatoms. The van der Waals surface area contributed by atoms with E-state index in [4.69, 9.17) is 0 Å². The highest BCUT2D eigenvalue weighted by molar-refractivity contribution is 14.1. The minimum Gasteiger partial charge on any atom is -0.345 e. The SMILES string of the molecule is CN(C)C(=O)c1cc(NI)cc(-c2nnnn2C)c1. The van der Waals surface area contributed by atoms with Crippen LogP contribution in [0.1, 0.15) is 10.4 Å². The molecule has 1 aromatic heterocycles. The van der Waals surface area contributed by atoms with Gasteiger partial charge in [0.05, 0.1) is 22.9 Å². The van der Waals surface area contributed by atoms with E-state index < -0.39 is 0 Å². The fourth-order valence-corrected chi connectivity index (χ4v) is 1.98. The van der Waals surface area contributed by atoms with Gasteiger partial charge in [-0.3, -0.25) is 4.79 Å². The molecule has 1 heterocycles. The molecule has 1 N–H and O–H groups in total. The minimum atomic E-state index is -0.0649. The number of rotatable bonds is 3. The lowest BCUT2D eigenvalue weighted by atomic mass is 10.1. The van der Waals surface area contributed by atoms with Crippen LogP contribution < -0.4 is 3.53 Å². The molecule has 0 saturated carbocycles. The zero-order valence-corrected chi connectivity index (χ0v) is 12.9. The molecule has 100 valence electrons. The Hall–Kier alpha value is -1.71. The van der Waals surface area contributed by atoms with E-state index in [1.54, 1.807) is 38.0 Å². The molecule has 19 heavy (non-hydrogen) atoms. The van der Waals surface area contributed by atoms with E-state index in [0.29, 0.717) is 11.4 Å². The van der Waals surface area contributed by atoms with Crippen molar-refractivity contribution in [3.05, 3.63) is 23.8 Å². The molecule has 1 aromatic carbocycles. The second-order valence-electron chi connectivity index (χ2n) is 4.22. The summed E-state index contributed by atoms with van der Waals surface area (Å²) in [6, 6.07) is 5.47. The first-order valence-corrected chi connectivity index (χ1v) is 6.57. The van der Waals surface area contributed by atoms with Crippen molar-refractivity contribution in [3.63, 3.8) is 0 Å². The molecule has 2 rings (SSSR count). The predicted octanol–water partition coefficient (Wildman–Crippen LogP) is 1.34. The van der Waals surface area contributed by atoms with Crippen LogP contribution in [0, 0.1) is 0 Å². The van der Waals surface area contributed by atoms with Crippen LogP contribution in [0.5, 0.6) is 0 Å². The van der Waals surface area contributed by atoms with Gasteiger partial charge in [0.15, 0.2) is 5.82 Å². The van der Waals surface area contributed by atoms with Crippen molar-refractivity contribution in [1.82, 2.24) is 25.1 Å². The third-order valence-electron chi connectivity index (χ3n) is 2.57. The zero-order chi connectivity index (χ0) is 14.0. The van der Waals surface area contributed by atoms with Gasteiger partial charge in [-0.05, 0) is 28.6 Å². The molecule has 0 fully saturated rings. The van der Waals surface area contributed by atoms with Gasteiger partial charge in [-0.15, -0.1) is 5.10 Å². The number of halogens is 1. The lowest BCUT2D eigenvalue weighted by molar-refractivity contribution is 0.0827. The third kappa shape index (κ3) is 2.83. The van der Waals surface area contributed by atoms with Crippen LogP contribution in [0.3, 0.4) is 0 Å². The maximum Gasteiger partial charge on any atom is 0.253 e.